The van der Waals surface area contributed by atoms with Gasteiger partial charge in [0.15, 0.2) is 17.0 Å². The molecule has 8 heteroatoms. The molecular formula is C19H19N3O5. The van der Waals surface area contributed by atoms with Crippen molar-refractivity contribution in [3.05, 3.63) is 44.6 Å². The number of aromatic amines is 2. The minimum absolute atomic E-state index is 0.200. The number of hydrogen-bond acceptors (Lipinski definition) is 6. The number of benzene rings is 1. The summed E-state index contributed by atoms with van der Waals surface area (Å²) < 4.78 is 16.2. The first-order chi connectivity index (χ1) is 13.0. The highest BCUT2D eigenvalue weighted by Gasteiger charge is 2.28. The molecule has 0 amide bonds. The molecule has 8 nitrogen and oxygen atoms in total. The molecule has 1 aromatic carbocycles. The fraction of sp³-hybridized carbons (Fsp3) is 0.316. The Bertz CT molecular complexity index is 1140. The zero-order chi connectivity index (χ0) is 19.1. The second kappa shape index (κ2) is 6.46. The number of nitrogens with zero attached hydrogens (tertiary/aromatic N) is 1. The first-order valence-electron chi connectivity index (χ1n) is 8.53. The van der Waals surface area contributed by atoms with Crippen LogP contribution < -0.4 is 25.5 Å². The summed E-state index contributed by atoms with van der Waals surface area (Å²) >= 11 is 0. The number of rotatable bonds is 5. The minimum atomic E-state index is -0.535. The molecule has 0 saturated heterocycles. The Morgan fingerprint density at radius 2 is 1.59 bits per heavy atom. The molecule has 0 bridgehead atoms. The summed E-state index contributed by atoms with van der Waals surface area (Å²) in [6, 6.07) is 5.38. The summed E-state index contributed by atoms with van der Waals surface area (Å²) in [4.78, 5) is 33.5. The molecule has 2 N–H and O–H groups in total. The summed E-state index contributed by atoms with van der Waals surface area (Å²) in [7, 11) is 4.65. The van der Waals surface area contributed by atoms with Crippen molar-refractivity contribution in [1.29, 1.82) is 0 Å². The Morgan fingerprint density at radius 3 is 2.22 bits per heavy atom. The number of pyridine rings is 1. The van der Waals surface area contributed by atoms with Gasteiger partial charge in [0.1, 0.15) is 5.75 Å². The topological polar surface area (TPSA) is 106 Å². The number of ether oxygens (including phenoxy) is 3. The summed E-state index contributed by atoms with van der Waals surface area (Å²) in [5, 5.41) is 0. The SMILES string of the molecule is COc1cc(OC)c(-c2cc(C3CC3)c3[nH]c(=O)[nH]c(=O)c3n2)cc1OC. The van der Waals surface area contributed by atoms with E-state index < -0.39 is 11.2 Å². The van der Waals surface area contributed by atoms with Crippen molar-refractivity contribution in [2.45, 2.75) is 18.8 Å². The van der Waals surface area contributed by atoms with E-state index in [0.29, 0.717) is 39.9 Å². The zero-order valence-corrected chi connectivity index (χ0v) is 15.2. The molecule has 2 heterocycles. The quantitative estimate of drug-likeness (QED) is 0.714. The second-order valence-corrected chi connectivity index (χ2v) is 6.41. The molecule has 1 aliphatic carbocycles. The standard InChI is InChI=1S/C19H19N3O5/c1-25-13-8-15(27-3)14(26-2)7-11(13)12-6-10(9-4-5-9)16-17(20-12)18(23)22-19(24)21-16/h6-9H,4-5H2,1-3H3,(H2,21,22,23,24). The lowest BCUT2D eigenvalue weighted by molar-refractivity contribution is 0.349. The highest BCUT2D eigenvalue weighted by atomic mass is 16.5. The van der Waals surface area contributed by atoms with E-state index in [2.05, 4.69) is 15.0 Å². The number of methoxy groups -OCH3 is 3. The third-order valence-electron chi connectivity index (χ3n) is 4.73. The number of fused-ring (bicyclic) bond motifs is 1. The molecule has 0 atom stereocenters. The van der Waals surface area contributed by atoms with Gasteiger partial charge in [-0.2, -0.15) is 0 Å². The molecule has 0 spiro atoms. The van der Waals surface area contributed by atoms with Crippen LogP contribution in [0, 0.1) is 0 Å². The van der Waals surface area contributed by atoms with E-state index in [-0.39, 0.29) is 5.52 Å². The second-order valence-electron chi connectivity index (χ2n) is 6.41. The Kier molecular flexibility index (Phi) is 4.10. The Morgan fingerprint density at radius 1 is 0.926 bits per heavy atom. The maximum atomic E-state index is 12.3. The van der Waals surface area contributed by atoms with E-state index in [0.717, 1.165) is 18.4 Å². The molecular weight excluding hydrogens is 350 g/mol. The van der Waals surface area contributed by atoms with Crippen LogP contribution in [0.4, 0.5) is 0 Å². The molecule has 2 aromatic heterocycles. The fourth-order valence-electron chi connectivity index (χ4n) is 3.25. The molecule has 1 saturated carbocycles. The van der Waals surface area contributed by atoms with Crippen LogP contribution in [0.15, 0.2) is 27.8 Å². The van der Waals surface area contributed by atoms with Crippen LogP contribution in [0.3, 0.4) is 0 Å². The van der Waals surface area contributed by atoms with Crippen molar-refractivity contribution in [3.63, 3.8) is 0 Å². The van der Waals surface area contributed by atoms with E-state index in [1.165, 1.54) is 0 Å². The first kappa shape index (κ1) is 17.1. The molecule has 1 aliphatic rings. The average molecular weight is 369 g/mol. The lowest BCUT2D eigenvalue weighted by Gasteiger charge is -2.15. The summed E-state index contributed by atoms with van der Waals surface area (Å²) in [6.45, 7) is 0. The van der Waals surface area contributed by atoms with Crippen LogP contribution in [0.2, 0.25) is 0 Å². The van der Waals surface area contributed by atoms with Gasteiger partial charge in [-0.1, -0.05) is 0 Å². The lowest BCUT2D eigenvalue weighted by atomic mass is 10.0. The van der Waals surface area contributed by atoms with Crippen molar-refractivity contribution in [3.8, 4) is 28.5 Å². The molecule has 0 unspecified atom stereocenters. The monoisotopic (exact) mass is 369 g/mol. The maximum Gasteiger partial charge on any atom is 0.326 e. The fourth-order valence-corrected chi connectivity index (χ4v) is 3.25. The zero-order valence-electron chi connectivity index (χ0n) is 15.2. The highest BCUT2D eigenvalue weighted by molar-refractivity contribution is 5.83. The molecule has 0 aliphatic heterocycles. The van der Waals surface area contributed by atoms with Crippen LogP contribution in [-0.2, 0) is 0 Å². The van der Waals surface area contributed by atoms with Crippen LogP contribution in [0.1, 0.15) is 24.3 Å². The lowest BCUT2D eigenvalue weighted by Crippen LogP contribution is -2.23. The maximum absolute atomic E-state index is 12.3. The smallest absolute Gasteiger partial charge is 0.326 e. The van der Waals surface area contributed by atoms with Crippen LogP contribution >= 0.6 is 0 Å². The largest absolute Gasteiger partial charge is 0.496 e. The number of nitrogens with one attached hydrogen (secondary N) is 2. The van der Waals surface area contributed by atoms with Gasteiger partial charge >= 0.3 is 5.69 Å². The molecule has 1 fully saturated rings. The summed E-state index contributed by atoms with van der Waals surface area (Å²) in [5.41, 5.74) is 1.80. The van der Waals surface area contributed by atoms with Gasteiger partial charge in [-0.3, -0.25) is 9.78 Å². The molecule has 0 radical (unpaired) electrons. The third kappa shape index (κ3) is 2.92. The average Bonchev–Trinajstić information content (AvgIpc) is 3.51. The van der Waals surface area contributed by atoms with Gasteiger partial charge in [0, 0.05) is 11.6 Å². The number of hydrogen-bond donors (Lipinski definition) is 2. The Balaban J connectivity index is 2.02. The van der Waals surface area contributed by atoms with Gasteiger partial charge in [0.2, 0.25) is 0 Å². The third-order valence-corrected chi connectivity index (χ3v) is 4.73. The van der Waals surface area contributed by atoms with Crippen LogP contribution in [0.5, 0.6) is 17.2 Å². The van der Waals surface area contributed by atoms with Gasteiger partial charge in [0.05, 0.1) is 32.5 Å². The van der Waals surface area contributed by atoms with Gasteiger partial charge in [0.25, 0.3) is 5.56 Å². The molecule has 4 rings (SSSR count). The van der Waals surface area contributed by atoms with Crippen molar-refractivity contribution in [1.82, 2.24) is 15.0 Å². The molecule has 140 valence electrons. The van der Waals surface area contributed by atoms with E-state index in [4.69, 9.17) is 14.2 Å². The van der Waals surface area contributed by atoms with E-state index in [1.54, 1.807) is 33.5 Å². The van der Waals surface area contributed by atoms with E-state index >= 15 is 0 Å². The predicted molar refractivity (Wildman–Crippen MR) is 100 cm³/mol. The summed E-state index contributed by atoms with van der Waals surface area (Å²) in [6.07, 6.45) is 2.02. The minimum Gasteiger partial charge on any atom is -0.496 e. The van der Waals surface area contributed by atoms with Gasteiger partial charge in [-0.25, -0.2) is 9.78 Å². The van der Waals surface area contributed by atoms with Crippen LogP contribution in [-0.4, -0.2) is 36.3 Å². The van der Waals surface area contributed by atoms with E-state index in [1.807, 2.05) is 6.07 Å². The molecule has 27 heavy (non-hydrogen) atoms. The molecule has 3 aromatic rings. The normalized spacial score (nSPS) is 13.6. The van der Waals surface area contributed by atoms with Gasteiger partial charge in [-0.05, 0) is 36.5 Å². The predicted octanol–water partition coefficient (Wildman–Crippen LogP) is 2.18. The van der Waals surface area contributed by atoms with Crippen LogP contribution in [0.25, 0.3) is 22.3 Å². The number of aromatic nitrogens is 3. The van der Waals surface area contributed by atoms with Crippen molar-refractivity contribution < 1.29 is 14.2 Å². The number of H-pyrrole nitrogens is 2. The van der Waals surface area contributed by atoms with Gasteiger partial charge < -0.3 is 19.2 Å². The van der Waals surface area contributed by atoms with Crippen molar-refractivity contribution >= 4 is 11.0 Å². The van der Waals surface area contributed by atoms with Crippen molar-refractivity contribution in [2.75, 3.05) is 21.3 Å². The highest BCUT2D eigenvalue weighted by Crippen LogP contribution is 2.45. The van der Waals surface area contributed by atoms with Crippen molar-refractivity contribution in [2.24, 2.45) is 0 Å². The Hall–Kier alpha value is -3.29. The Labute approximate surface area is 154 Å². The summed E-state index contributed by atoms with van der Waals surface area (Å²) in [5.74, 6) is 1.90. The van der Waals surface area contributed by atoms with E-state index in [9.17, 15) is 9.59 Å². The van der Waals surface area contributed by atoms with Gasteiger partial charge in [-0.15, -0.1) is 0 Å². The first-order valence-corrected chi connectivity index (χ1v) is 8.53.